The Labute approximate surface area is 159 Å². The Hall–Kier alpha value is -1.70. The molecule has 0 saturated carbocycles. The predicted octanol–water partition coefficient (Wildman–Crippen LogP) is 3.62. The lowest BCUT2D eigenvalue weighted by molar-refractivity contribution is -0.124. The number of ether oxygens (including phenoxy) is 2. The van der Waals surface area contributed by atoms with Gasteiger partial charge in [-0.25, -0.2) is 4.79 Å². The van der Waals surface area contributed by atoms with E-state index in [-0.39, 0.29) is 18.1 Å². The Bertz CT molecular complexity index is 707. The molecule has 1 aromatic carbocycles. The smallest absolute Gasteiger partial charge is 0.342 e. The van der Waals surface area contributed by atoms with Crippen molar-refractivity contribution in [1.29, 1.82) is 0 Å². The normalized spacial score (nSPS) is 10.3. The summed E-state index contributed by atoms with van der Waals surface area (Å²) < 4.78 is 10.1. The number of rotatable bonds is 9. The molecule has 1 N–H and O–H groups in total. The van der Waals surface area contributed by atoms with Crippen LogP contribution in [0, 0.1) is 0 Å². The molecule has 1 aromatic heterocycles. The van der Waals surface area contributed by atoms with E-state index in [0.717, 1.165) is 11.5 Å². The minimum Gasteiger partial charge on any atom is -0.496 e. The summed E-state index contributed by atoms with van der Waals surface area (Å²) in [5.74, 6) is 1.07. The van der Waals surface area contributed by atoms with Crippen molar-refractivity contribution in [2.24, 2.45) is 0 Å². The van der Waals surface area contributed by atoms with Crippen LogP contribution in [0.25, 0.3) is 0 Å². The number of hydrogen-bond donors (Lipinski definition) is 1. The lowest BCUT2D eigenvalue weighted by atomic mass is 10.2. The van der Waals surface area contributed by atoms with Crippen LogP contribution in [0.1, 0.15) is 15.2 Å². The van der Waals surface area contributed by atoms with E-state index in [1.54, 1.807) is 35.2 Å². The summed E-state index contributed by atoms with van der Waals surface area (Å²) in [5, 5.41) is 5.15. The Morgan fingerprint density at radius 1 is 1.32 bits per heavy atom. The SMILES string of the molecule is COc1ccc(Cl)cc1C(=O)OCC(=O)NCCSCc1cccs1. The molecule has 8 heteroatoms. The second kappa shape index (κ2) is 10.3. The topological polar surface area (TPSA) is 64.6 Å². The van der Waals surface area contributed by atoms with Crippen LogP contribution in [0.2, 0.25) is 5.02 Å². The van der Waals surface area contributed by atoms with Gasteiger partial charge in [0.15, 0.2) is 6.61 Å². The quantitative estimate of drug-likeness (QED) is 0.515. The van der Waals surface area contributed by atoms with Gasteiger partial charge in [-0.2, -0.15) is 11.8 Å². The number of thioether (sulfide) groups is 1. The number of amides is 1. The molecule has 0 radical (unpaired) electrons. The van der Waals surface area contributed by atoms with Gasteiger partial charge < -0.3 is 14.8 Å². The fourth-order valence-corrected chi connectivity index (χ4v) is 3.80. The summed E-state index contributed by atoms with van der Waals surface area (Å²) in [7, 11) is 1.45. The summed E-state index contributed by atoms with van der Waals surface area (Å²) in [5.41, 5.74) is 0.189. The Morgan fingerprint density at radius 3 is 2.88 bits per heavy atom. The molecule has 0 aliphatic heterocycles. The number of hydrogen-bond acceptors (Lipinski definition) is 6. The van der Waals surface area contributed by atoms with Crippen LogP contribution in [-0.2, 0) is 15.3 Å². The lowest BCUT2D eigenvalue weighted by Gasteiger charge is -2.09. The number of thiophene rings is 1. The molecule has 0 unspecified atom stereocenters. The largest absolute Gasteiger partial charge is 0.496 e. The summed E-state index contributed by atoms with van der Waals surface area (Å²) in [4.78, 5) is 25.1. The second-order valence-corrected chi connectivity index (χ2v) is 7.48. The molecule has 0 aliphatic carbocycles. The average molecular weight is 400 g/mol. The number of methoxy groups -OCH3 is 1. The standard InChI is InChI=1S/C17H18ClNO4S2/c1-22-15-5-4-12(18)9-14(15)17(21)23-10-16(20)19-6-8-24-11-13-3-2-7-25-13/h2-5,7,9H,6,8,10-11H2,1H3,(H,19,20). The van der Waals surface area contributed by atoms with Gasteiger partial charge in [-0.1, -0.05) is 17.7 Å². The fraction of sp³-hybridized carbons (Fsp3) is 0.294. The first-order valence-electron chi connectivity index (χ1n) is 7.47. The van der Waals surface area contributed by atoms with E-state index in [1.165, 1.54) is 18.1 Å². The molecule has 0 atom stereocenters. The predicted molar refractivity (Wildman–Crippen MR) is 102 cm³/mol. The van der Waals surface area contributed by atoms with Gasteiger partial charge in [0.05, 0.1) is 7.11 Å². The maximum Gasteiger partial charge on any atom is 0.342 e. The lowest BCUT2D eigenvalue weighted by Crippen LogP contribution is -2.30. The molecule has 1 amide bonds. The van der Waals surface area contributed by atoms with Gasteiger partial charge in [-0.05, 0) is 29.6 Å². The van der Waals surface area contributed by atoms with E-state index in [4.69, 9.17) is 21.1 Å². The van der Waals surface area contributed by atoms with E-state index < -0.39 is 5.97 Å². The van der Waals surface area contributed by atoms with E-state index in [0.29, 0.717) is 17.3 Å². The van der Waals surface area contributed by atoms with E-state index in [9.17, 15) is 9.59 Å². The Morgan fingerprint density at radius 2 is 2.16 bits per heavy atom. The molecule has 0 bridgehead atoms. The van der Waals surface area contributed by atoms with Crippen molar-refractivity contribution in [3.63, 3.8) is 0 Å². The zero-order valence-electron chi connectivity index (χ0n) is 13.6. The molecule has 2 rings (SSSR count). The summed E-state index contributed by atoms with van der Waals surface area (Å²) in [6.07, 6.45) is 0. The minimum atomic E-state index is -0.651. The molecular weight excluding hydrogens is 382 g/mol. The van der Waals surface area contributed by atoms with Crippen LogP contribution in [0.3, 0.4) is 0 Å². The number of carbonyl (C=O) groups excluding carboxylic acids is 2. The van der Waals surface area contributed by atoms with Crippen molar-refractivity contribution in [3.05, 3.63) is 51.2 Å². The first-order chi connectivity index (χ1) is 12.1. The van der Waals surface area contributed by atoms with Crippen LogP contribution >= 0.6 is 34.7 Å². The monoisotopic (exact) mass is 399 g/mol. The van der Waals surface area contributed by atoms with Crippen LogP contribution in [0.15, 0.2) is 35.7 Å². The summed E-state index contributed by atoms with van der Waals surface area (Å²) in [6.45, 7) is 0.178. The second-order valence-electron chi connectivity index (χ2n) is 4.90. The van der Waals surface area contributed by atoms with E-state index in [2.05, 4.69) is 11.4 Å². The highest BCUT2D eigenvalue weighted by Gasteiger charge is 2.15. The third-order valence-corrected chi connectivity index (χ3v) is 5.41. The summed E-state index contributed by atoms with van der Waals surface area (Å²) >= 11 is 9.32. The van der Waals surface area contributed by atoms with Crippen molar-refractivity contribution >= 4 is 46.6 Å². The highest BCUT2D eigenvalue weighted by Crippen LogP contribution is 2.23. The maximum atomic E-state index is 12.0. The molecule has 0 saturated heterocycles. The molecule has 2 aromatic rings. The van der Waals surface area contributed by atoms with Crippen molar-refractivity contribution in [2.75, 3.05) is 26.0 Å². The molecule has 1 heterocycles. The zero-order chi connectivity index (χ0) is 18.1. The molecule has 0 aliphatic rings. The number of esters is 1. The fourth-order valence-electron chi connectivity index (χ4n) is 1.93. The number of halogens is 1. The van der Waals surface area contributed by atoms with Crippen molar-refractivity contribution < 1.29 is 19.1 Å². The summed E-state index contributed by atoms with van der Waals surface area (Å²) in [6, 6.07) is 8.73. The number of nitrogens with one attached hydrogen (secondary N) is 1. The molecular formula is C17H18ClNO4S2. The van der Waals surface area contributed by atoms with Crippen LogP contribution in [0.5, 0.6) is 5.75 Å². The van der Waals surface area contributed by atoms with Gasteiger partial charge in [0.1, 0.15) is 11.3 Å². The first kappa shape index (κ1) is 19.6. The first-order valence-corrected chi connectivity index (χ1v) is 9.89. The highest BCUT2D eigenvalue weighted by molar-refractivity contribution is 7.98. The van der Waals surface area contributed by atoms with Gasteiger partial charge in [0.25, 0.3) is 5.91 Å². The van der Waals surface area contributed by atoms with Crippen molar-refractivity contribution in [2.45, 2.75) is 5.75 Å². The molecule has 0 fully saturated rings. The third kappa shape index (κ3) is 6.61. The Kier molecular flexibility index (Phi) is 8.11. The minimum absolute atomic E-state index is 0.189. The third-order valence-electron chi connectivity index (χ3n) is 3.11. The van der Waals surface area contributed by atoms with E-state index >= 15 is 0 Å². The van der Waals surface area contributed by atoms with Gasteiger partial charge in [0.2, 0.25) is 0 Å². The maximum absolute atomic E-state index is 12.0. The van der Waals surface area contributed by atoms with Crippen LogP contribution < -0.4 is 10.1 Å². The van der Waals surface area contributed by atoms with Gasteiger partial charge in [-0.3, -0.25) is 4.79 Å². The van der Waals surface area contributed by atoms with Crippen LogP contribution in [0.4, 0.5) is 0 Å². The zero-order valence-corrected chi connectivity index (χ0v) is 16.0. The Balaban J connectivity index is 1.67. The number of carbonyl (C=O) groups is 2. The van der Waals surface area contributed by atoms with Gasteiger partial charge in [-0.15, -0.1) is 11.3 Å². The number of benzene rings is 1. The molecule has 25 heavy (non-hydrogen) atoms. The highest BCUT2D eigenvalue weighted by atomic mass is 35.5. The molecule has 5 nitrogen and oxygen atoms in total. The molecule has 134 valence electrons. The van der Waals surface area contributed by atoms with Gasteiger partial charge in [0, 0.05) is 28.0 Å². The van der Waals surface area contributed by atoms with E-state index in [1.807, 2.05) is 11.4 Å². The molecule has 0 spiro atoms. The van der Waals surface area contributed by atoms with Crippen molar-refractivity contribution in [1.82, 2.24) is 5.32 Å². The van der Waals surface area contributed by atoms with Crippen molar-refractivity contribution in [3.8, 4) is 5.75 Å². The van der Waals surface area contributed by atoms with Gasteiger partial charge >= 0.3 is 5.97 Å². The average Bonchev–Trinajstić information content (AvgIpc) is 3.12. The van der Waals surface area contributed by atoms with Crippen LogP contribution in [-0.4, -0.2) is 37.9 Å².